The summed E-state index contributed by atoms with van der Waals surface area (Å²) >= 11 is 3.55. The van der Waals surface area contributed by atoms with E-state index in [0.29, 0.717) is 6.54 Å². The average molecular weight is 349 g/mol. The maximum absolute atomic E-state index is 12.4. The first kappa shape index (κ1) is 14.3. The zero-order valence-corrected chi connectivity index (χ0v) is 13.2. The molecule has 2 aromatic rings. The number of hydrogen-bond donors (Lipinski definition) is 1. The summed E-state index contributed by atoms with van der Waals surface area (Å²) in [4.78, 5) is 18.5. The van der Waals surface area contributed by atoms with E-state index in [1.54, 1.807) is 12.5 Å². The number of hydrogen-bond acceptors (Lipinski definition) is 3. The van der Waals surface area contributed by atoms with Crippen molar-refractivity contribution in [2.45, 2.75) is 6.54 Å². The number of imidazole rings is 1. The molecule has 1 aromatic carbocycles. The van der Waals surface area contributed by atoms with Gasteiger partial charge >= 0.3 is 0 Å². The monoisotopic (exact) mass is 348 g/mol. The highest BCUT2D eigenvalue weighted by atomic mass is 79.9. The minimum absolute atomic E-state index is 0.141. The van der Waals surface area contributed by atoms with Gasteiger partial charge in [-0.15, -0.1) is 0 Å². The van der Waals surface area contributed by atoms with Crippen LogP contribution in [0.1, 0.15) is 0 Å². The van der Waals surface area contributed by atoms with Crippen LogP contribution < -0.4 is 5.32 Å². The fourth-order valence-corrected chi connectivity index (χ4v) is 2.99. The molecule has 1 aliphatic heterocycles. The summed E-state index contributed by atoms with van der Waals surface area (Å²) in [6, 6.07) is 7.97. The Bertz CT molecular complexity index is 634. The predicted molar refractivity (Wildman–Crippen MR) is 84.8 cm³/mol. The third-order valence-corrected chi connectivity index (χ3v) is 4.33. The van der Waals surface area contributed by atoms with Gasteiger partial charge in [-0.2, -0.15) is 0 Å². The summed E-state index contributed by atoms with van der Waals surface area (Å²) in [6.07, 6.45) is 3.51. The molecule has 1 fully saturated rings. The number of rotatable bonds is 3. The van der Waals surface area contributed by atoms with Crippen LogP contribution in [0.2, 0.25) is 0 Å². The van der Waals surface area contributed by atoms with Crippen molar-refractivity contribution in [1.82, 2.24) is 19.8 Å². The maximum Gasteiger partial charge on any atom is 0.242 e. The zero-order valence-electron chi connectivity index (χ0n) is 11.6. The van der Waals surface area contributed by atoms with Crippen LogP contribution in [0.15, 0.2) is 41.3 Å². The third kappa shape index (κ3) is 3.16. The van der Waals surface area contributed by atoms with E-state index < -0.39 is 0 Å². The molecule has 110 valence electrons. The lowest BCUT2D eigenvalue weighted by Gasteiger charge is -2.27. The minimum atomic E-state index is 0.141. The van der Waals surface area contributed by atoms with Gasteiger partial charge in [0.2, 0.25) is 5.91 Å². The lowest BCUT2D eigenvalue weighted by Crippen LogP contribution is -2.47. The van der Waals surface area contributed by atoms with Gasteiger partial charge < -0.3 is 14.8 Å². The van der Waals surface area contributed by atoms with Crippen LogP contribution in [0.4, 0.5) is 0 Å². The van der Waals surface area contributed by atoms with Crippen LogP contribution in [0.3, 0.4) is 0 Å². The molecule has 0 radical (unpaired) electrons. The van der Waals surface area contributed by atoms with Crippen LogP contribution in [0.25, 0.3) is 11.3 Å². The van der Waals surface area contributed by atoms with E-state index in [2.05, 4.69) is 26.2 Å². The first-order valence-corrected chi connectivity index (χ1v) is 7.78. The van der Waals surface area contributed by atoms with Crippen LogP contribution in [0.5, 0.6) is 0 Å². The van der Waals surface area contributed by atoms with Crippen molar-refractivity contribution in [3.05, 3.63) is 41.3 Å². The molecule has 1 saturated heterocycles. The standard InChI is InChI=1S/C15H17BrN4O/c16-13-4-2-1-3-12(13)14-9-18-11-20(14)10-15(21)19-7-5-17-6-8-19/h1-4,9,11,17H,5-8,10H2. The molecule has 1 amide bonds. The molecule has 1 aliphatic rings. The van der Waals surface area contributed by atoms with Crippen molar-refractivity contribution >= 4 is 21.8 Å². The van der Waals surface area contributed by atoms with Gasteiger partial charge in [-0.1, -0.05) is 34.1 Å². The summed E-state index contributed by atoms with van der Waals surface area (Å²) in [5, 5.41) is 3.25. The normalized spacial score (nSPS) is 15.2. The highest BCUT2D eigenvalue weighted by molar-refractivity contribution is 9.10. The number of aromatic nitrogens is 2. The molecule has 1 aromatic heterocycles. The fourth-order valence-electron chi connectivity index (χ4n) is 2.50. The number of nitrogens with one attached hydrogen (secondary N) is 1. The summed E-state index contributed by atoms with van der Waals surface area (Å²) in [5.41, 5.74) is 1.99. The van der Waals surface area contributed by atoms with E-state index in [1.807, 2.05) is 33.7 Å². The summed E-state index contributed by atoms with van der Waals surface area (Å²) < 4.78 is 2.91. The molecule has 0 unspecified atom stereocenters. The van der Waals surface area contributed by atoms with Crippen molar-refractivity contribution in [3.8, 4) is 11.3 Å². The van der Waals surface area contributed by atoms with Crippen LogP contribution in [0, 0.1) is 0 Å². The van der Waals surface area contributed by atoms with Crippen molar-refractivity contribution in [1.29, 1.82) is 0 Å². The topological polar surface area (TPSA) is 50.2 Å². The number of carbonyl (C=O) groups is 1. The van der Waals surface area contributed by atoms with Gasteiger partial charge in [0.05, 0.1) is 18.2 Å². The van der Waals surface area contributed by atoms with Crippen LogP contribution in [-0.2, 0) is 11.3 Å². The number of halogens is 1. The Morgan fingerprint density at radius 1 is 1.29 bits per heavy atom. The van der Waals surface area contributed by atoms with Gasteiger partial charge in [-0.05, 0) is 6.07 Å². The smallest absolute Gasteiger partial charge is 0.242 e. The van der Waals surface area contributed by atoms with Gasteiger partial charge in [0.1, 0.15) is 6.54 Å². The van der Waals surface area contributed by atoms with Crippen LogP contribution >= 0.6 is 15.9 Å². The third-order valence-electron chi connectivity index (χ3n) is 3.64. The number of piperazine rings is 1. The quantitative estimate of drug-likeness (QED) is 0.919. The number of benzene rings is 1. The Morgan fingerprint density at radius 2 is 2.05 bits per heavy atom. The lowest BCUT2D eigenvalue weighted by atomic mass is 10.1. The Hall–Kier alpha value is -1.66. The van der Waals surface area contributed by atoms with Crippen molar-refractivity contribution in [2.75, 3.05) is 26.2 Å². The maximum atomic E-state index is 12.4. The van der Waals surface area contributed by atoms with Crippen molar-refractivity contribution in [3.63, 3.8) is 0 Å². The van der Waals surface area contributed by atoms with Gasteiger partial charge in [0.15, 0.2) is 0 Å². The first-order chi connectivity index (χ1) is 10.3. The van der Waals surface area contributed by atoms with Gasteiger partial charge in [0.25, 0.3) is 0 Å². The van der Waals surface area contributed by atoms with Crippen molar-refractivity contribution in [2.24, 2.45) is 0 Å². The number of carbonyl (C=O) groups excluding carboxylic acids is 1. The molecule has 3 rings (SSSR count). The molecule has 0 spiro atoms. The van der Waals surface area contributed by atoms with E-state index in [4.69, 9.17) is 0 Å². The SMILES string of the molecule is O=C(Cn1cncc1-c1ccccc1Br)N1CCNCC1. The second kappa shape index (κ2) is 6.41. The first-order valence-electron chi connectivity index (χ1n) is 6.99. The van der Waals surface area contributed by atoms with Gasteiger partial charge in [-0.3, -0.25) is 4.79 Å². The fraction of sp³-hybridized carbons (Fsp3) is 0.333. The molecule has 6 heteroatoms. The molecule has 1 N–H and O–H groups in total. The van der Waals surface area contributed by atoms with E-state index in [-0.39, 0.29) is 5.91 Å². The van der Waals surface area contributed by atoms with Crippen LogP contribution in [-0.4, -0.2) is 46.5 Å². The predicted octanol–water partition coefficient (Wildman–Crippen LogP) is 1.74. The van der Waals surface area contributed by atoms with E-state index in [1.165, 1.54) is 0 Å². The molecular formula is C15H17BrN4O. The van der Waals surface area contributed by atoms with E-state index >= 15 is 0 Å². The second-order valence-electron chi connectivity index (χ2n) is 5.02. The molecular weight excluding hydrogens is 332 g/mol. The van der Waals surface area contributed by atoms with Gasteiger partial charge in [-0.25, -0.2) is 4.98 Å². The Balaban J connectivity index is 1.80. The molecule has 5 nitrogen and oxygen atoms in total. The highest BCUT2D eigenvalue weighted by Crippen LogP contribution is 2.27. The average Bonchev–Trinajstić information content (AvgIpc) is 2.96. The summed E-state index contributed by atoms with van der Waals surface area (Å²) in [7, 11) is 0. The number of nitrogens with zero attached hydrogens (tertiary/aromatic N) is 3. The lowest BCUT2D eigenvalue weighted by molar-refractivity contribution is -0.132. The van der Waals surface area contributed by atoms with Crippen molar-refractivity contribution < 1.29 is 4.79 Å². The highest BCUT2D eigenvalue weighted by Gasteiger charge is 2.18. The number of amides is 1. The molecule has 0 saturated carbocycles. The molecule has 21 heavy (non-hydrogen) atoms. The Morgan fingerprint density at radius 3 is 2.81 bits per heavy atom. The minimum Gasteiger partial charge on any atom is -0.339 e. The van der Waals surface area contributed by atoms with E-state index in [9.17, 15) is 4.79 Å². The molecule has 2 heterocycles. The summed E-state index contributed by atoms with van der Waals surface area (Å²) in [6.45, 7) is 3.62. The molecule has 0 aliphatic carbocycles. The summed E-state index contributed by atoms with van der Waals surface area (Å²) in [5.74, 6) is 0.141. The largest absolute Gasteiger partial charge is 0.339 e. The Kier molecular flexibility index (Phi) is 4.36. The van der Waals surface area contributed by atoms with E-state index in [0.717, 1.165) is 41.9 Å². The molecule has 0 atom stereocenters. The Labute approximate surface area is 132 Å². The zero-order chi connectivity index (χ0) is 14.7. The van der Waals surface area contributed by atoms with Gasteiger partial charge in [0, 0.05) is 36.2 Å². The second-order valence-corrected chi connectivity index (χ2v) is 5.87. The molecule has 0 bridgehead atoms.